The molecule has 1 unspecified atom stereocenters. The van der Waals surface area contributed by atoms with Crippen molar-refractivity contribution >= 4 is 10.1 Å². The van der Waals surface area contributed by atoms with E-state index in [-0.39, 0.29) is 18.0 Å². The fourth-order valence-electron chi connectivity index (χ4n) is 3.11. The van der Waals surface area contributed by atoms with Gasteiger partial charge in [-0.15, -0.1) is 0 Å². The van der Waals surface area contributed by atoms with Crippen LogP contribution in [0.25, 0.3) is 0 Å². The number of aliphatic hydroxyl groups excluding tert-OH is 1. The number of rotatable bonds is 7. The molecule has 1 saturated carbocycles. The highest BCUT2D eigenvalue weighted by molar-refractivity contribution is 7.85. The summed E-state index contributed by atoms with van der Waals surface area (Å²) in [6.45, 7) is 0.387. The Labute approximate surface area is 130 Å². The van der Waals surface area contributed by atoms with Gasteiger partial charge in [0.2, 0.25) is 0 Å². The quantitative estimate of drug-likeness (QED) is 0.526. The van der Waals surface area contributed by atoms with Crippen molar-refractivity contribution < 1.29 is 22.5 Å². The van der Waals surface area contributed by atoms with Gasteiger partial charge in [-0.1, -0.05) is 25.0 Å². The van der Waals surface area contributed by atoms with Gasteiger partial charge in [0.1, 0.15) is 5.82 Å². The second-order valence-corrected chi connectivity index (χ2v) is 7.46. The van der Waals surface area contributed by atoms with Crippen molar-refractivity contribution in [1.82, 2.24) is 5.32 Å². The summed E-state index contributed by atoms with van der Waals surface area (Å²) in [6.07, 6.45) is 3.00. The van der Waals surface area contributed by atoms with Gasteiger partial charge in [0.15, 0.2) is 0 Å². The normalized spacial score (nSPS) is 19.2. The Morgan fingerprint density at radius 1 is 1.23 bits per heavy atom. The zero-order valence-electron chi connectivity index (χ0n) is 12.3. The standard InChI is InChI=1S/C15H22FNO4S/c16-13-6-4-12(5-7-13)14(18)15(8-1-2-9-15)17-10-3-11-22(19,20)21/h4-7,14,17-18H,1-3,8-11H2,(H,19,20,21). The third-order valence-electron chi connectivity index (χ3n) is 4.26. The summed E-state index contributed by atoms with van der Waals surface area (Å²) in [5, 5.41) is 13.9. The number of benzene rings is 1. The predicted octanol–water partition coefficient (Wildman–Crippen LogP) is 2.04. The lowest BCUT2D eigenvalue weighted by atomic mass is 9.85. The first-order valence-corrected chi connectivity index (χ1v) is 9.07. The van der Waals surface area contributed by atoms with Gasteiger partial charge < -0.3 is 10.4 Å². The fraction of sp³-hybridized carbons (Fsp3) is 0.600. The lowest BCUT2D eigenvalue weighted by Crippen LogP contribution is -2.48. The van der Waals surface area contributed by atoms with E-state index >= 15 is 0 Å². The molecule has 2 rings (SSSR count). The van der Waals surface area contributed by atoms with Gasteiger partial charge in [0, 0.05) is 5.54 Å². The molecule has 5 nitrogen and oxygen atoms in total. The summed E-state index contributed by atoms with van der Waals surface area (Å²) in [6, 6.07) is 5.78. The highest BCUT2D eigenvalue weighted by Crippen LogP contribution is 2.39. The molecule has 0 saturated heterocycles. The molecule has 0 amide bonds. The minimum Gasteiger partial charge on any atom is -0.386 e. The summed E-state index contributed by atoms with van der Waals surface area (Å²) >= 11 is 0. The molecular weight excluding hydrogens is 309 g/mol. The molecule has 0 aliphatic heterocycles. The van der Waals surface area contributed by atoms with Gasteiger partial charge in [-0.3, -0.25) is 4.55 Å². The van der Waals surface area contributed by atoms with Crippen molar-refractivity contribution in [3.05, 3.63) is 35.6 Å². The number of aliphatic hydroxyl groups is 1. The highest BCUT2D eigenvalue weighted by Gasteiger charge is 2.40. The summed E-state index contributed by atoms with van der Waals surface area (Å²) in [5.74, 6) is -0.652. The molecule has 1 aromatic rings. The fourth-order valence-corrected chi connectivity index (χ4v) is 3.62. The van der Waals surface area contributed by atoms with Crippen molar-refractivity contribution in [3.63, 3.8) is 0 Å². The van der Waals surface area contributed by atoms with Crippen LogP contribution < -0.4 is 5.32 Å². The monoisotopic (exact) mass is 331 g/mol. The summed E-state index contributed by atoms with van der Waals surface area (Å²) in [4.78, 5) is 0. The molecule has 124 valence electrons. The average molecular weight is 331 g/mol. The number of nitrogens with one attached hydrogen (secondary N) is 1. The van der Waals surface area contributed by atoms with E-state index in [1.807, 2.05) is 0 Å². The van der Waals surface area contributed by atoms with Crippen LogP contribution in [0, 0.1) is 5.82 Å². The van der Waals surface area contributed by atoms with Crippen LogP contribution >= 0.6 is 0 Å². The predicted molar refractivity (Wildman–Crippen MR) is 81.6 cm³/mol. The van der Waals surface area contributed by atoms with E-state index in [2.05, 4.69) is 5.32 Å². The maximum Gasteiger partial charge on any atom is 0.264 e. The Bertz CT molecular complexity index is 582. The molecule has 1 aromatic carbocycles. The van der Waals surface area contributed by atoms with E-state index in [9.17, 15) is 17.9 Å². The van der Waals surface area contributed by atoms with Gasteiger partial charge in [-0.2, -0.15) is 8.42 Å². The Hall–Kier alpha value is -1.02. The van der Waals surface area contributed by atoms with E-state index in [4.69, 9.17) is 4.55 Å². The highest BCUT2D eigenvalue weighted by atomic mass is 32.2. The first kappa shape index (κ1) is 17.3. The number of halogens is 1. The molecule has 0 bridgehead atoms. The Morgan fingerprint density at radius 3 is 2.36 bits per heavy atom. The van der Waals surface area contributed by atoms with Gasteiger partial charge in [-0.05, 0) is 43.5 Å². The zero-order valence-corrected chi connectivity index (χ0v) is 13.2. The van der Waals surface area contributed by atoms with Crippen molar-refractivity contribution in [1.29, 1.82) is 0 Å². The van der Waals surface area contributed by atoms with Gasteiger partial charge in [0.05, 0.1) is 11.9 Å². The van der Waals surface area contributed by atoms with Crippen LogP contribution in [0.2, 0.25) is 0 Å². The molecule has 3 N–H and O–H groups in total. The van der Waals surface area contributed by atoms with Crippen molar-refractivity contribution in [2.45, 2.75) is 43.7 Å². The van der Waals surface area contributed by atoms with Crippen LogP contribution in [-0.2, 0) is 10.1 Å². The van der Waals surface area contributed by atoms with E-state index in [1.165, 1.54) is 12.1 Å². The molecule has 0 spiro atoms. The van der Waals surface area contributed by atoms with Crippen LogP contribution in [0.1, 0.15) is 43.8 Å². The summed E-state index contributed by atoms with van der Waals surface area (Å²) in [5.41, 5.74) is 0.127. The Balaban J connectivity index is 2.02. The molecule has 1 fully saturated rings. The van der Waals surface area contributed by atoms with Gasteiger partial charge in [-0.25, -0.2) is 4.39 Å². The van der Waals surface area contributed by atoms with Crippen molar-refractivity contribution in [2.75, 3.05) is 12.3 Å². The SMILES string of the molecule is O=S(=O)(O)CCCNC1(C(O)c2ccc(F)cc2)CCCC1. The Morgan fingerprint density at radius 2 is 1.82 bits per heavy atom. The maximum atomic E-state index is 13.0. The molecule has 1 aliphatic rings. The summed E-state index contributed by atoms with van der Waals surface area (Å²) in [7, 11) is -3.96. The van der Waals surface area contributed by atoms with Crippen LogP contribution in [0.15, 0.2) is 24.3 Å². The zero-order chi connectivity index (χ0) is 16.2. The number of hydrogen-bond acceptors (Lipinski definition) is 4. The second-order valence-electron chi connectivity index (χ2n) is 5.88. The van der Waals surface area contributed by atoms with E-state index in [0.717, 1.165) is 25.7 Å². The van der Waals surface area contributed by atoms with Crippen molar-refractivity contribution in [3.8, 4) is 0 Å². The Kier molecular flexibility index (Phi) is 5.55. The lowest BCUT2D eigenvalue weighted by Gasteiger charge is -2.36. The van der Waals surface area contributed by atoms with Crippen LogP contribution in [0.5, 0.6) is 0 Å². The van der Waals surface area contributed by atoms with Crippen molar-refractivity contribution in [2.24, 2.45) is 0 Å². The first-order valence-electron chi connectivity index (χ1n) is 7.46. The average Bonchev–Trinajstić information content (AvgIpc) is 2.93. The molecule has 0 heterocycles. The maximum absolute atomic E-state index is 13.0. The molecule has 0 aromatic heterocycles. The molecule has 1 atom stereocenters. The minimum atomic E-state index is -3.96. The number of hydrogen-bond donors (Lipinski definition) is 3. The first-order chi connectivity index (χ1) is 10.3. The second kappa shape index (κ2) is 7.04. The third-order valence-corrected chi connectivity index (χ3v) is 5.07. The lowest BCUT2D eigenvalue weighted by molar-refractivity contribution is 0.0615. The molecule has 7 heteroatoms. The van der Waals surface area contributed by atoms with Crippen LogP contribution in [0.3, 0.4) is 0 Å². The summed E-state index contributed by atoms with van der Waals surface area (Å²) < 4.78 is 43.2. The van der Waals surface area contributed by atoms with Gasteiger partial charge >= 0.3 is 0 Å². The molecule has 0 radical (unpaired) electrons. The largest absolute Gasteiger partial charge is 0.386 e. The molecule has 22 heavy (non-hydrogen) atoms. The molecule has 1 aliphatic carbocycles. The minimum absolute atomic E-state index is 0.275. The topological polar surface area (TPSA) is 86.6 Å². The van der Waals surface area contributed by atoms with E-state index in [0.29, 0.717) is 12.1 Å². The van der Waals surface area contributed by atoms with Crippen LogP contribution in [0.4, 0.5) is 4.39 Å². The third kappa shape index (κ3) is 4.49. The van der Waals surface area contributed by atoms with E-state index < -0.39 is 21.8 Å². The smallest absolute Gasteiger partial charge is 0.264 e. The molecular formula is C15H22FNO4S. The van der Waals surface area contributed by atoms with Crippen LogP contribution in [-0.4, -0.2) is 35.9 Å². The van der Waals surface area contributed by atoms with Gasteiger partial charge in [0.25, 0.3) is 10.1 Å². The van der Waals surface area contributed by atoms with E-state index in [1.54, 1.807) is 12.1 Å².